The Morgan fingerprint density at radius 1 is 0.841 bits per heavy atom. The Kier molecular flexibility index (Phi) is 8.92. The van der Waals surface area contributed by atoms with Gasteiger partial charge in [0.25, 0.3) is 0 Å². The molecule has 2 aliphatic rings. The van der Waals surface area contributed by atoms with Crippen molar-refractivity contribution in [3.05, 3.63) is 25.3 Å². The summed E-state index contributed by atoms with van der Waals surface area (Å²) >= 11 is 0. The number of aliphatic hydroxyl groups excluding tert-OH is 4. The van der Waals surface area contributed by atoms with Gasteiger partial charge in [-0.15, -0.1) is 0 Å². The van der Waals surface area contributed by atoms with Crippen LogP contribution < -0.4 is 11.5 Å². The van der Waals surface area contributed by atoms with Crippen LogP contribution in [0.2, 0.25) is 0 Å². The number of nitrogens with two attached hydrogens (primary N) is 2. The minimum absolute atomic E-state index is 0.155. The third-order valence-electron chi connectivity index (χ3n) is 7.18. The van der Waals surface area contributed by atoms with Gasteiger partial charge >= 0.3 is 0 Å². The van der Waals surface area contributed by atoms with Crippen LogP contribution in [0.3, 0.4) is 0 Å². The van der Waals surface area contributed by atoms with Crippen molar-refractivity contribution in [2.45, 2.75) is 62.1 Å². The highest BCUT2D eigenvalue weighted by atomic mass is 31.2. The van der Waals surface area contributed by atoms with E-state index in [-0.39, 0.29) is 11.6 Å². The second-order valence-corrected chi connectivity index (χ2v) is 11.4. The van der Waals surface area contributed by atoms with Crippen LogP contribution in [-0.4, -0.2) is 123 Å². The molecule has 0 radical (unpaired) electrons. The molecule has 2 aliphatic heterocycles. The summed E-state index contributed by atoms with van der Waals surface area (Å²) in [5, 5.41) is 59.0. The highest BCUT2D eigenvalue weighted by molar-refractivity contribution is 7.45. The number of imidazole rings is 2. The van der Waals surface area contributed by atoms with E-state index in [1.54, 1.807) is 0 Å². The van der Waals surface area contributed by atoms with Crippen molar-refractivity contribution in [1.82, 2.24) is 39.0 Å². The molecule has 3 unspecified atom stereocenters. The first-order chi connectivity index (χ1) is 20.8. The van der Waals surface area contributed by atoms with Gasteiger partial charge in [0, 0.05) is 0 Å². The minimum Gasteiger partial charge on any atom is -0.394 e. The zero-order valence-corrected chi connectivity index (χ0v) is 24.0. The highest BCUT2D eigenvalue weighted by Crippen LogP contribution is 2.42. The SMILES string of the molecule is C[C@@]1(O)C(O)[C@@H](CO)O[C@H]1n1cnc2c(N)ncnc21.C[C@@]1(O)C(O)[C@@H](OOP(O)CO)O[C@H]1n1cnc2c(N)ncnc21. The van der Waals surface area contributed by atoms with Crippen molar-refractivity contribution >= 4 is 42.3 Å². The van der Waals surface area contributed by atoms with Crippen LogP contribution in [0.1, 0.15) is 26.3 Å². The lowest BCUT2D eigenvalue weighted by atomic mass is 9.96. The Bertz CT molecular complexity index is 1610. The second-order valence-electron chi connectivity index (χ2n) is 10.2. The van der Waals surface area contributed by atoms with Crippen molar-refractivity contribution in [2.75, 3.05) is 24.4 Å². The normalized spacial score (nSPS) is 32.7. The lowest BCUT2D eigenvalue weighted by molar-refractivity contribution is -0.332. The van der Waals surface area contributed by atoms with E-state index in [9.17, 15) is 30.4 Å². The summed E-state index contributed by atoms with van der Waals surface area (Å²) in [6, 6.07) is 0. The number of hydrogen-bond acceptors (Lipinski definition) is 19. The average molecular weight is 643 g/mol. The fourth-order valence-corrected chi connectivity index (χ4v) is 5.00. The maximum absolute atomic E-state index is 10.6. The zero-order valence-electron chi connectivity index (χ0n) is 23.1. The van der Waals surface area contributed by atoms with Crippen molar-refractivity contribution in [2.24, 2.45) is 0 Å². The van der Waals surface area contributed by atoms with E-state index >= 15 is 0 Å². The number of aliphatic hydroxyl groups is 6. The van der Waals surface area contributed by atoms with Gasteiger partial charge < -0.3 is 56.5 Å². The number of rotatable bonds is 7. The molecule has 0 amide bonds. The molecule has 240 valence electrons. The van der Waals surface area contributed by atoms with Crippen LogP contribution in [0.4, 0.5) is 11.6 Å². The first-order valence-corrected chi connectivity index (χ1v) is 14.2. The van der Waals surface area contributed by atoms with E-state index < -0.39 is 69.6 Å². The number of nitrogen functional groups attached to an aromatic ring is 2. The van der Waals surface area contributed by atoms with E-state index in [2.05, 4.69) is 34.6 Å². The number of hydrogen-bond donors (Lipinski definition) is 9. The molecule has 21 nitrogen and oxygen atoms in total. The molecule has 9 atom stereocenters. The van der Waals surface area contributed by atoms with Gasteiger partial charge in [0.05, 0.1) is 19.3 Å². The molecule has 4 aromatic rings. The topological polar surface area (TPSA) is 318 Å². The summed E-state index contributed by atoms with van der Waals surface area (Å²) in [6.07, 6.45) is -2.51. The zero-order chi connectivity index (χ0) is 32.0. The maximum Gasteiger partial charge on any atom is 0.232 e. The predicted molar refractivity (Wildman–Crippen MR) is 146 cm³/mol. The van der Waals surface area contributed by atoms with Gasteiger partial charge in [-0.25, -0.2) is 29.9 Å². The third kappa shape index (κ3) is 5.53. The summed E-state index contributed by atoms with van der Waals surface area (Å²) < 4.78 is 18.3. The summed E-state index contributed by atoms with van der Waals surface area (Å²) in [7, 11) is -2.23. The largest absolute Gasteiger partial charge is 0.394 e. The van der Waals surface area contributed by atoms with E-state index in [4.69, 9.17) is 30.9 Å². The average Bonchev–Trinajstić information content (AvgIpc) is 3.72. The quantitative estimate of drug-likeness (QED) is 0.0550. The molecule has 11 N–H and O–H groups in total. The lowest BCUT2D eigenvalue weighted by Crippen LogP contribution is -2.44. The molecule has 6 heterocycles. The highest BCUT2D eigenvalue weighted by Gasteiger charge is 2.55. The molecule has 2 fully saturated rings. The Morgan fingerprint density at radius 3 is 1.82 bits per heavy atom. The van der Waals surface area contributed by atoms with Crippen LogP contribution in [-0.2, 0) is 19.0 Å². The van der Waals surface area contributed by atoms with Crippen LogP contribution in [0, 0.1) is 0 Å². The summed E-state index contributed by atoms with van der Waals surface area (Å²) in [4.78, 5) is 37.8. The fraction of sp³-hybridized carbons (Fsp3) is 0.545. The molecule has 0 bridgehead atoms. The molecule has 44 heavy (non-hydrogen) atoms. The molecule has 6 rings (SSSR count). The van der Waals surface area contributed by atoms with Crippen LogP contribution in [0.15, 0.2) is 25.3 Å². The van der Waals surface area contributed by atoms with Gasteiger partial charge in [-0.3, -0.25) is 9.13 Å². The number of ether oxygens (including phenoxy) is 2. The van der Waals surface area contributed by atoms with Crippen LogP contribution in [0.5, 0.6) is 0 Å². The fourth-order valence-electron chi connectivity index (χ4n) is 4.77. The standard InChI is InChI=1S/C11H16N5O7P.C11H15N5O4/c1-11(19)6(18)9(22-23-24(20)4-17)21-10(11)16-3-15-5-7(12)13-2-14-8(5)16;1-11(19)7(18)5(2-17)20-10(11)16-4-15-6-8(12)13-3-14-9(6)16/h2-3,6,9-10,17-20H,4H2,1H3,(H2,12,13,14);3-5,7,10,17-19H,2H2,1H3,(H2,12,13,14)/t6?,9-,10-,11-,24?;5-,7?,10-,11-/m11/s1. The molecule has 0 spiro atoms. The van der Waals surface area contributed by atoms with Gasteiger partial charge in [0.1, 0.15) is 59.6 Å². The predicted octanol–water partition coefficient (Wildman–Crippen LogP) is -3.01. The molecule has 4 aromatic heterocycles. The maximum atomic E-state index is 10.6. The molecule has 0 aromatic carbocycles. The van der Waals surface area contributed by atoms with E-state index in [1.165, 1.54) is 48.3 Å². The minimum atomic E-state index is -2.23. The second kappa shape index (κ2) is 12.2. The van der Waals surface area contributed by atoms with Gasteiger partial charge in [0.2, 0.25) is 14.7 Å². The Hall–Kier alpha value is -3.31. The summed E-state index contributed by atoms with van der Waals surface area (Å²) in [5.74, 6) is 0.368. The van der Waals surface area contributed by atoms with Crippen LogP contribution in [0.25, 0.3) is 22.3 Å². The van der Waals surface area contributed by atoms with E-state index in [0.29, 0.717) is 22.3 Å². The molecular weight excluding hydrogens is 611 g/mol. The van der Waals surface area contributed by atoms with Crippen molar-refractivity contribution in [3.63, 3.8) is 0 Å². The van der Waals surface area contributed by atoms with Gasteiger partial charge in [0.15, 0.2) is 35.4 Å². The van der Waals surface area contributed by atoms with Crippen molar-refractivity contribution in [3.8, 4) is 0 Å². The monoisotopic (exact) mass is 642 g/mol. The molecule has 2 saturated heterocycles. The summed E-state index contributed by atoms with van der Waals surface area (Å²) in [5.41, 5.74) is 9.39. The Balaban J connectivity index is 0.000000177. The van der Waals surface area contributed by atoms with Crippen LogP contribution >= 0.6 is 8.38 Å². The number of aromatic nitrogens is 8. The lowest BCUT2D eigenvalue weighted by Gasteiger charge is -2.27. The number of nitrogens with zero attached hydrogens (tertiary/aromatic N) is 8. The van der Waals surface area contributed by atoms with Crippen molar-refractivity contribution < 1.29 is 54.6 Å². The number of anilines is 2. The number of fused-ring (bicyclic) bond motifs is 2. The first-order valence-electron chi connectivity index (χ1n) is 12.8. The first kappa shape index (κ1) is 32.1. The smallest absolute Gasteiger partial charge is 0.232 e. The molecule has 22 heteroatoms. The Morgan fingerprint density at radius 2 is 1.34 bits per heavy atom. The van der Waals surface area contributed by atoms with Gasteiger partial charge in [-0.1, -0.05) is 0 Å². The third-order valence-corrected chi connectivity index (χ3v) is 7.68. The van der Waals surface area contributed by atoms with E-state index in [1.807, 2.05) is 0 Å². The Labute approximate surface area is 248 Å². The molecule has 0 aliphatic carbocycles. The molecular formula is C22H31N10O11P. The molecule has 0 saturated carbocycles. The van der Waals surface area contributed by atoms with E-state index in [0.717, 1.165) is 0 Å². The summed E-state index contributed by atoms with van der Waals surface area (Å²) in [6.45, 7) is 2.35. The van der Waals surface area contributed by atoms with Crippen molar-refractivity contribution in [1.29, 1.82) is 0 Å². The van der Waals surface area contributed by atoms with Gasteiger partial charge in [-0.2, -0.15) is 9.56 Å². The van der Waals surface area contributed by atoms with Gasteiger partial charge in [-0.05, 0) is 13.8 Å².